The smallest absolute Gasteiger partial charge is 0.214 e. The van der Waals surface area contributed by atoms with E-state index < -0.39 is 0 Å². The number of hydrogen-bond donors (Lipinski definition) is 2. The minimum atomic E-state index is -0.184. The van der Waals surface area contributed by atoms with Gasteiger partial charge < -0.3 is 10.4 Å². The monoisotopic (exact) mass is 375 g/mol. The van der Waals surface area contributed by atoms with E-state index in [0.717, 1.165) is 29.7 Å². The number of thiocarbonyl (C=S) groups is 1. The minimum Gasteiger partial charge on any atom is -0.507 e. The normalized spacial score (nSPS) is 16.8. The summed E-state index contributed by atoms with van der Waals surface area (Å²) in [4.78, 5) is 0. The molecule has 2 rings (SSSR count). The zero-order valence-electron chi connectivity index (χ0n) is 17.0. The van der Waals surface area contributed by atoms with Gasteiger partial charge in [0.05, 0.1) is 5.69 Å². The predicted octanol–water partition coefficient (Wildman–Crippen LogP) is 6.28. The summed E-state index contributed by atoms with van der Waals surface area (Å²) < 4.78 is 0. The molecule has 0 radical (unpaired) electrons. The highest BCUT2D eigenvalue weighted by Crippen LogP contribution is 2.41. The van der Waals surface area contributed by atoms with Crippen LogP contribution in [0, 0.1) is 0 Å². The maximum absolute atomic E-state index is 10.8. The third-order valence-corrected chi connectivity index (χ3v) is 5.10. The van der Waals surface area contributed by atoms with Gasteiger partial charge in [0, 0.05) is 17.2 Å². The average molecular weight is 376 g/mol. The van der Waals surface area contributed by atoms with E-state index in [4.69, 9.17) is 12.2 Å². The molecule has 4 nitrogen and oxygen atoms in total. The average Bonchev–Trinajstić information content (AvgIpc) is 2.52. The number of nitrogens with zero attached hydrogens (tertiary/aromatic N) is 2. The topological polar surface area (TPSA) is 57.0 Å². The Morgan fingerprint density at radius 1 is 1.00 bits per heavy atom. The molecule has 0 saturated heterocycles. The number of nitrogens with one attached hydrogen (secondary N) is 1. The van der Waals surface area contributed by atoms with Gasteiger partial charge >= 0.3 is 0 Å². The van der Waals surface area contributed by atoms with Gasteiger partial charge in [-0.25, -0.2) is 0 Å². The number of benzene rings is 1. The summed E-state index contributed by atoms with van der Waals surface area (Å²) >= 11 is 5.35. The second-order valence-electron chi connectivity index (χ2n) is 9.37. The number of azo groups is 1. The van der Waals surface area contributed by atoms with Gasteiger partial charge in [0.25, 0.3) is 0 Å². The van der Waals surface area contributed by atoms with Crippen LogP contribution in [0.15, 0.2) is 22.4 Å². The lowest BCUT2D eigenvalue weighted by molar-refractivity contribution is 0.414. The van der Waals surface area contributed by atoms with Crippen LogP contribution in [0.3, 0.4) is 0 Å². The predicted molar refractivity (Wildman–Crippen MR) is 113 cm³/mol. The Kier molecular flexibility index (Phi) is 6.43. The van der Waals surface area contributed by atoms with Crippen LogP contribution in [-0.4, -0.2) is 16.3 Å². The Morgan fingerprint density at radius 2 is 1.50 bits per heavy atom. The lowest BCUT2D eigenvalue weighted by atomic mass is 9.79. The first kappa shape index (κ1) is 20.8. The molecule has 1 aliphatic carbocycles. The van der Waals surface area contributed by atoms with Crippen molar-refractivity contribution in [2.45, 2.75) is 90.5 Å². The van der Waals surface area contributed by atoms with Crippen LogP contribution in [0.5, 0.6) is 5.75 Å². The molecule has 26 heavy (non-hydrogen) atoms. The molecule has 0 bridgehead atoms. The zero-order valence-corrected chi connectivity index (χ0v) is 17.8. The number of phenolic OH excluding ortho intramolecular Hbond substituents is 1. The largest absolute Gasteiger partial charge is 0.507 e. The maximum atomic E-state index is 10.8. The number of hydrogen-bond acceptors (Lipinski definition) is 3. The first-order valence-corrected chi connectivity index (χ1v) is 9.99. The Hall–Kier alpha value is -1.49. The zero-order chi connectivity index (χ0) is 19.5. The second-order valence-corrected chi connectivity index (χ2v) is 9.76. The van der Waals surface area contributed by atoms with E-state index >= 15 is 0 Å². The molecule has 1 saturated carbocycles. The highest BCUT2D eigenvalue weighted by Gasteiger charge is 2.26. The van der Waals surface area contributed by atoms with Crippen LogP contribution in [0.4, 0.5) is 5.69 Å². The fraction of sp³-hybridized carbons (Fsp3) is 0.667. The van der Waals surface area contributed by atoms with Gasteiger partial charge in [-0.2, -0.15) is 0 Å². The summed E-state index contributed by atoms with van der Waals surface area (Å²) in [5, 5.41) is 23.1. The van der Waals surface area contributed by atoms with Gasteiger partial charge in [0.2, 0.25) is 5.11 Å². The maximum Gasteiger partial charge on any atom is 0.214 e. The van der Waals surface area contributed by atoms with Gasteiger partial charge in [0.15, 0.2) is 0 Å². The van der Waals surface area contributed by atoms with Crippen LogP contribution >= 0.6 is 12.2 Å². The standard InChI is InChI=1S/C21H33N3OS/c1-20(2,3)16-12-15(13-17(18(16)25)21(4,5)6)23-24-19(26)22-14-10-8-7-9-11-14/h12-14,25H,7-11H2,1-6H3,(H,22,26). The molecule has 0 aliphatic heterocycles. The van der Waals surface area contributed by atoms with Gasteiger partial charge in [0.1, 0.15) is 5.75 Å². The van der Waals surface area contributed by atoms with Crippen molar-refractivity contribution < 1.29 is 5.11 Å². The number of aromatic hydroxyl groups is 1. The van der Waals surface area contributed by atoms with E-state index in [1.165, 1.54) is 19.3 Å². The van der Waals surface area contributed by atoms with Crippen molar-refractivity contribution in [3.8, 4) is 5.75 Å². The lowest BCUT2D eigenvalue weighted by Crippen LogP contribution is -2.33. The molecule has 0 spiro atoms. The Morgan fingerprint density at radius 3 is 1.96 bits per heavy atom. The second kappa shape index (κ2) is 8.03. The molecule has 5 heteroatoms. The van der Waals surface area contributed by atoms with Crippen LogP contribution in [-0.2, 0) is 10.8 Å². The molecule has 0 heterocycles. The fourth-order valence-corrected chi connectivity index (χ4v) is 3.58. The fourth-order valence-electron chi connectivity index (χ4n) is 3.37. The molecule has 2 N–H and O–H groups in total. The van der Waals surface area contributed by atoms with Crippen molar-refractivity contribution in [1.82, 2.24) is 5.32 Å². The number of rotatable bonds is 2. The van der Waals surface area contributed by atoms with E-state index in [1.807, 2.05) is 12.1 Å². The highest BCUT2D eigenvalue weighted by molar-refractivity contribution is 7.80. The third-order valence-electron chi connectivity index (χ3n) is 4.90. The molecule has 1 aliphatic rings. The minimum absolute atomic E-state index is 0.184. The Labute approximate surface area is 163 Å². The lowest BCUT2D eigenvalue weighted by Gasteiger charge is -2.27. The van der Waals surface area contributed by atoms with Crippen LogP contribution in [0.2, 0.25) is 0 Å². The molecule has 0 amide bonds. The van der Waals surface area contributed by atoms with Gasteiger partial charge in [-0.3, -0.25) is 0 Å². The molecular formula is C21H33N3OS. The van der Waals surface area contributed by atoms with Crippen LogP contribution < -0.4 is 5.32 Å². The summed E-state index contributed by atoms with van der Waals surface area (Å²) in [5.74, 6) is 0.354. The molecule has 144 valence electrons. The van der Waals surface area contributed by atoms with Crippen molar-refractivity contribution in [2.24, 2.45) is 10.2 Å². The first-order valence-electron chi connectivity index (χ1n) is 9.58. The van der Waals surface area contributed by atoms with E-state index in [0.29, 0.717) is 16.9 Å². The number of phenols is 1. The molecule has 0 atom stereocenters. The summed E-state index contributed by atoms with van der Waals surface area (Å²) in [7, 11) is 0. The molecule has 1 fully saturated rings. The third kappa shape index (κ3) is 5.50. The molecule has 0 aromatic heterocycles. The molecule has 1 aromatic rings. The molecule has 1 aromatic carbocycles. The summed E-state index contributed by atoms with van der Waals surface area (Å²) in [6.45, 7) is 12.5. The van der Waals surface area contributed by atoms with Gasteiger partial charge in [-0.15, -0.1) is 10.2 Å². The first-order chi connectivity index (χ1) is 12.0. The van der Waals surface area contributed by atoms with Crippen LogP contribution in [0.25, 0.3) is 0 Å². The van der Waals surface area contributed by atoms with Crippen molar-refractivity contribution in [2.75, 3.05) is 0 Å². The quantitative estimate of drug-likeness (QED) is 0.472. The van der Waals surface area contributed by atoms with E-state index in [2.05, 4.69) is 57.1 Å². The SMILES string of the molecule is CC(C)(C)c1cc(N=NC(=S)NC2CCCCC2)cc(C(C)(C)C)c1O. The van der Waals surface area contributed by atoms with Gasteiger partial charge in [-0.05, 0) is 48.0 Å². The highest BCUT2D eigenvalue weighted by atomic mass is 32.1. The van der Waals surface area contributed by atoms with Crippen LogP contribution in [0.1, 0.15) is 84.8 Å². The van der Waals surface area contributed by atoms with Crippen molar-refractivity contribution >= 4 is 23.0 Å². The summed E-state index contributed by atoms with van der Waals surface area (Å²) in [6, 6.07) is 4.25. The Balaban J connectivity index is 2.26. The van der Waals surface area contributed by atoms with E-state index in [9.17, 15) is 5.11 Å². The Bertz CT molecular complexity index is 642. The summed E-state index contributed by atoms with van der Waals surface area (Å²) in [5.41, 5.74) is 2.12. The summed E-state index contributed by atoms with van der Waals surface area (Å²) in [6.07, 6.45) is 6.11. The molecule has 0 unspecified atom stereocenters. The van der Waals surface area contributed by atoms with Crippen molar-refractivity contribution in [3.05, 3.63) is 23.3 Å². The molecular weight excluding hydrogens is 342 g/mol. The van der Waals surface area contributed by atoms with Crippen molar-refractivity contribution in [1.29, 1.82) is 0 Å². The van der Waals surface area contributed by atoms with Gasteiger partial charge in [-0.1, -0.05) is 60.8 Å². The van der Waals surface area contributed by atoms with Crippen molar-refractivity contribution in [3.63, 3.8) is 0 Å². The van der Waals surface area contributed by atoms with E-state index in [-0.39, 0.29) is 10.8 Å². The van der Waals surface area contributed by atoms with E-state index in [1.54, 1.807) is 0 Å².